The van der Waals surface area contributed by atoms with Crippen molar-refractivity contribution >= 4 is 23.4 Å². The molecule has 0 aromatic carbocycles. The van der Waals surface area contributed by atoms with Crippen LogP contribution in [0.15, 0.2) is 12.1 Å². The van der Waals surface area contributed by atoms with Crippen LogP contribution in [0.25, 0.3) is 0 Å². The fourth-order valence-electron chi connectivity index (χ4n) is 1.11. The summed E-state index contributed by atoms with van der Waals surface area (Å²) in [6.45, 7) is 3.67. The molecule has 0 radical (unpaired) electrons. The van der Waals surface area contributed by atoms with Gasteiger partial charge in [0.25, 0.3) is 0 Å². The van der Waals surface area contributed by atoms with Crippen LogP contribution in [-0.2, 0) is 10.9 Å². The van der Waals surface area contributed by atoms with Crippen molar-refractivity contribution in [1.82, 2.24) is 4.98 Å². The van der Waals surface area contributed by atoms with Gasteiger partial charge in [0.05, 0.1) is 0 Å². The standard InChI is InChI=1S/C10H11ClF3NS/c1-9(2,16-3)6-4-7(10(12,13)14)15-8(11)5-6/h4-5H,1-3H3. The number of hydrogen-bond acceptors (Lipinski definition) is 2. The summed E-state index contributed by atoms with van der Waals surface area (Å²) in [6.07, 6.45) is -2.63. The molecule has 0 saturated carbocycles. The predicted molar refractivity (Wildman–Crippen MR) is 60.8 cm³/mol. The van der Waals surface area contributed by atoms with Crippen LogP contribution in [0.3, 0.4) is 0 Å². The van der Waals surface area contributed by atoms with Gasteiger partial charge in [-0.1, -0.05) is 11.6 Å². The number of rotatable bonds is 2. The summed E-state index contributed by atoms with van der Waals surface area (Å²) >= 11 is 7.05. The second-order valence-electron chi connectivity index (χ2n) is 3.78. The second kappa shape index (κ2) is 4.45. The van der Waals surface area contributed by atoms with E-state index < -0.39 is 16.6 Å². The van der Waals surface area contributed by atoms with E-state index in [2.05, 4.69) is 4.98 Å². The van der Waals surface area contributed by atoms with Gasteiger partial charge in [-0.25, -0.2) is 4.98 Å². The highest BCUT2D eigenvalue weighted by Crippen LogP contribution is 2.37. The van der Waals surface area contributed by atoms with Gasteiger partial charge in [-0.2, -0.15) is 24.9 Å². The van der Waals surface area contributed by atoms with Crippen molar-refractivity contribution in [3.05, 3.63) is 28.5 Å². The summed E-state index contributed by atoms with van der Waals surface area (Å²) in [7, 11) is 0. The molecule has 1 aromatic rings. The molecule has 0 N–H and O–H groups in total. The van der Waals surface area contributed by atoms with Crippen molar-refractivity contribution in [3.63, 3.8) is 0 Å². The minimum absolute atomic E-state index is 0.132. The molecule has 0 saturated heterocycles. The molecule has 0 unspecified atom stereocenters. The van der Waals surface area contributed by atoms with Crippen LogP contribution in [0.1, 0.15) is 25.1 Å². The lowest BCUT2D eigenvalue weighted by Gasteiger charge is -2.23. The number of alkyl halides is 3. The predicted octanol–water partition coefficient (Wildman–Crippen LogP) is 4.35. The Kier molecular flexibility index (Phi) is 3.80. The van der Waals surface area contributed by atoms with Crippen molar-refractivity contribution in [1.29, 1.82) is 0 Å². The van der Waals surface area contributed by atoms with E-state index in [0.29, 0.717) is 5.56 Å². The van der Waals surface area contributed by atoms with Crippen molar-refractivity contribution < 1.29 is 13.2 Å². The lowest BCUT2D eigenvalue weighted by molar-refractivity contribution is -0.141. The van der Waals surface area contributed by atoms with Gasteiger partial charge >= 0.3 is 6.18 Å². The third kappa shape index (κ3) is 3.04. The van der Waals surface area contributed by atoms with Crippen molar-refractivity contribution in [2.24, 2.45) is 0 Å². The van der Waals surface area contributed by atoms with Crippen LogP contribution in [-0.4, -0.2) is 11.2 Å². The molecule has 0 aliphatic rings. The van der Waals surface area contributed by atoms with Crippen LogP contribution in [0.2, 0.25) is 5.15 Å². The molecule has 90 valence electrons. The van der Waals surface area contributed by atoms with E-state index in [4.69, 9.17) is 11.6 Å². The van der Waals surface area contributed by atoms with Gasteiger partial charge in [0.2, 0.25) is 0 Å². The topological polar surface area (TPSA) is 12.9 Å². The normalized spacial score (nSPS) is 12.9. The molecule has 1 nitrogen and oxygen atoms in total. The first-order valence-electron chi connectivity index (χ1n) is 4.47. The maximum atomic E-state index is 12.5. The van der Waals surface area contributed by atoms with Crippen LogP contribution in [0.4, 0.5) is 13.2 Å². The minimum atomic E-state index is -4.46. The zero-order valence-electron chi connectivity index (χ0n) is 9.02. The number of halogens is 4. The maximum absolute atomic E-state index is 12.5. The average molecular weight is 270 g/mol. The number of nitrogens with zero attached hydrogens (tertiary/aromatic N) is 1. The molecule has 0 spiro atoms. The molecule has 0 amide bonds. The van der Waals surface area contributed by atoms with Crippen LogP contribution in [0, 0.1) is 0 Å². The lowest BCUT2D eigenvalue weighted by atomic mass is 10.0. The average Bonchev–Trinajstić information content (AvgIpc) is 2.15. The van der Waals surface area contributed by atoms with Crippen molar-refractivity contribution in [2.75, 3.05) is 6.26 Å². The zero-order chi connectivity index (χ0) is 12.6. The Morgan fingerprint density at radius 1 is 1.25 bits per heavy atom. The third-order valence-electron chi connectivity index (χ3n) is 2.29. The molecular weight excluding hydrogens is 259 g/mol. The van der Waals surface area contributed by atoms with E-state index in [1.54, 1.807) is 0 Å². The van der Waals surface area contributed by atoms with Gasteiger partial charge in [-0.3, -0.25) is 0 Å². The molecule has 0 aliphatic carbocycles. The second-order valence-corrected chi connectivity index (χ2v) is 5.59. The van der Waals surface area contributed by atoms with Crippen molar-refractivity contribution in [2.45, 2.75) is 24.8 Å². The van der Waals surface area contributed by atoms with Crippen LogP contribution in [0.5, 0.6) is 0 Å². The Labute approximate surface area is 101 Å². The molecule has 6 heteroatoms. The highest BCUT2D eigenvalue weighted by Gasteiger charge is 2.34. The van der Waals surface area contributed by atoms with E-state index in [1.165, 1.54) is 17.8 Å². The molecular formula is C10H11ClF3NS. The first kappa shape index (κ1) is 13.6. The SMILES string of the molecule is CSC(C)(C)c1cc(Cl)nc(C(F)(F)F)c1. The molecule has 0 bridgehead atoms. The van der Waals surface area contributed by atoms with E-state index in [0.717, 1.165) is 6.07 Å². The summed E-state index contributed by atoms with van der Waals surface area (Å²) in [6, 6.07) is 2.51. The zero-order valence-corrected chi connectivity index (χ0v) is 10.6. The molecule has 0 fully saturated rings. The van der Waals surface area contributed by atoms with Gasteiger partial charge in [0, 0.05) is 4.75 Å². The van der Waals surface area contributed by atoms with Crippen molar-refractivity contribution in [3.8, 4) is 0 Å². The highest BCUT2D eigenvalue weighted by atomic mass is 35.5. The summed E-state index contributed by atoms with van der Waals surface area (Å²) in [5, 5.41) is -0.132. The Morgan fingerprint density at radius 2 is 1.81 bits per heavy atom. The molecule has 1 heterocycles. The third-order valence-corrected chi connectivity index (χ3v) is 3.74. The summed E-state index contributed by atoms with van der Waals surface area (Å²) in [5.74, 6) is 0. The Hall–Kier alpha value is -0.420. The van der Waals surface area contributed by atoms with Crippen LogP contribution >= 0.6 is 23.4 Å². The smallest absolute Gasteiger partial charge is 0.232 e. The quantitative estimate of drug-likeness (QED) is 0.740. The van der Waals surface area contributed by atoms with Gasteiger partial charge in [0.15, 0.2) is 0 Å². The Bertz CT molecular complexity index is 390. The minimum Gasteiger partial charge on any atom is -0.232 e. The molecule has 0 atom stereocenters. The van der Waals surface area contributed by atoms with Gasteiger partial charge in [0.1, 0.15) is 10.8 Å². The highest BCUT2D eigenvalue weighted by molar-refractivity contribution is 7.99. The molecule has 1 rings (SSSR count). The summed E-state index contributed by atoms with van der Waals surface area (Å²) in [4.78, 5) is 3.28. The number of pyridine rings is 1. The largest absolute Gasteiger partial charge is 0.433 e. The number of hydrogen-bond donors (Lipinski definition) is 0. The van der Waals surface area contributed by atoms with Gasteiger partial charge in [-0.15, -0.1) is 0 Å². The van der Waals surface area contributed by atoms with E-state index in [-0.39, 0.29) is 5.15 Å². The Balaban J connectivity index is 3.29. The first-order valence-corrected chi connectivity index (χ1v) is 6.07. The summed E-state index contributed by atoms with van der Waals surface area (Å²) < 4.78 is 37.1. The fraction of sp³-hybridized carbons (Fsp3) is 0.500. The maximum Gasteiger partial charge on any atom is 0.433 e. The fourth-order valence-corrected chi connectivity index (χ4v) is 1.67. The van der Waals surface area contributed by atoms with Crippen LogP contribution < -0.4 is 0 Å². The van der Waals surface area contributed by atoms with E-state index >= 15 is 0 Å². The first-order chi connectivity index (χ1) is 7.16. The summed E-state index contributed by atoms with van der Waals surface area (Å²) in [5.41, 5.74) is -0.426. The number of aromatic nitrogens is 1. The van der Waals surface area contributed by atoms with Gasteiger partial charge < -0.3 is 0 Å². The monoisotopic (exact) mass is 269 g/mol. The Morgan fingerprint density at radius 3 is 2.25 bits per heavy atom. The molecule has 1 aromatic heterocycles. The molecule has 0 aliphatic heterocycles. The number of thioether (sulfide) groups is 1. The molecule has 16 heavy (non-hydrogen) atoms. The van der Waals surface area contributed by atoms with E-state index in [1.807, 2.05) is 20.1 Å². The lowest BCUT2D eigenvalue weighted by Crippen LogP contribution is -2.15. The van der Waals surface area contributed by atoms with Gasteiger partial charge in [-0.05, 0) is 37.8 Å². The van der Waals surface area contributed by atoms with E-state index in [9.17, 15) is 13.2 Å².